The van der Waals surface area contributed by atoms with Crippen molar-refractivity contribution in [2.75, 3.05) is 13.1 Å². The summed E-state index contributed by atoms with van der Waals surface area (Å²) in [7, 11) is 0. The molecule has 1 spiro atoms. The molecule has 2 fully saturated rings. The largest absolute Gasteiger partial charge is 0.445 e. The maximum Gasteiger partial charge on any atom is 0.410 e. The quantitative estimate of drug-likeness (QED) is 0.812. The molecule has 1 saturated carbocycles. The van der Waals surface area contributed by atoms with Gasteiger partial charge in [0, 0.05) is 18.5 Å². The zero-order valence-electron chi connectivity index (χ0n) is 11.3. The number of ether oxygens (including phenoxy) is 1. The number of likely N-dealkylation sites (tertiary alicyclic amines) is 1. The van der Waals surface area contributed by atoms with Gasteiger partial charge >= 0.3 is 6.09 Å². The molecular formula is C16H21NO2. The van der Waals surface area contributed by atoms with Crippen LogP contribution in [-0.2, 0) is 11.3 Å². The lowest BCUT2D eigenvalue weighted by Gasteiger charge is -2.51. The predicted molar refractivity (Wildman–Crippen MR) is 73.7 cm³/mol. The molecule has 1 aromatic carbocycles. The van der Waals surface area contributed by atoms with Gasteiger partial charge in [-0.1, -0.05) is 49.6 Å². The molecule has 1 aromatic rings. The van der Waals surface area contributed by atoms with Crippen molar-refractivity contribution in [2.45, 2.75) is 38.7 Å². The van der Waals surface area contributed by atoms with Crippen molar-refractivity contribution >= 4 is 6.09 Å². The monoisotopic (exact) mass is 259 g/mol. The van der Waals surface area contributed by atoms with Crippen molar-refractivity contribution in [3.8, 4) is 0 Å². The smallest absolute Gasteiger partial charge is 0.410 e. The van der Waals surface area contributed by atoms with E-state index in [4.69, 9.17) is 4.74 Å². The van der Waals surface area contributed by atoms with E-state index >= 15 is 0 Å². The molecule has 3 nitrogen and oxygen atoms in total. The molecule has 2 aliphatic rings. The van der Waals surface area contributed by atoms with Crippen LogP contribution < -0.4 is 0 Å². The number of hydrogen-bond acceptors (Lipinski definition) is 2. The maximum absolute atomic E-state index is 11.9. The molecule has 0 radical (unpaired) electrons. The lowest BCUT2D eigenvalue weighted by atomic mass is 9.69. The second kappa shape index (κ2) is 5.24. The molecule has 0 unspecified atom stereocenters. The number of carbonyl (C=O) groups is 1. The first-order valence-corrected chi connectivity index (χ1v) is 7.23. The molecule has 0 aromatic heterocycles. The standard InChI is InChI=1S/C16H21NO2/c18-15(19-11-14-7-3-1-4-8-14)17-12-16(13-17)9-5-2-6-10-16/h1,3-4,7-8H,2,5-6,9-13H2. The second-order valence-electron chi connectivity index (χ2n) is 5.96. The Balaban J connectivity index is 1.45. The summed E-state index contributed by atoms with van der Waals surface area (Å²) in [5, 5.41) is 0. The van der Waals surface area contributed by atoms with E-state index < -0.39 is 0 Å². The first-order valence-electron chi connectivity index (χ1n) is 7.23. The molecule has 19 heavy (non-hydrogen) atoms. The van der Waals surface area contributed by atoms with E-state index in [9.17, 15) is 4.79 Å². The van der Waals surface area contributed by atoms with E-state index in [-0.39, 0.29) is 6.09 Å². The molecule has 0 bridgehead atoms. The van der Waals surface area contributed by atoms with Crippen LogP contribution in [0.5, 0.6) is 0 Å². The highest BCUT2D eigenvalue weighted by Crippen LogP contribution is 2.43. The summed E-state index contributed by atoms with van der Waals surface area (Å²) in [5.74, 6) is 0. The lowest BCUT2D eigenvalue weighted by Crippen LogP contribution is -2.59. The van der Waals surface area contributed by atoms with Crippen molar-refractivity contribution in [3.05, 3.63) is 35.9 Å². The molecular weight excluding hydrogens is 238 g/mol. The van der Waals surface area contributed by atoms with Crippen LogP contribution in [0.2, 0.25) is 0 Å². The zero-order chi connectivity index (χ0) is 13.1. The molecule has 1 heterocycles. The molecule has 0 N–H and O–H groups in total. The number of hydrogen-bond donors (Lipinski definition) is 0. The third-order valence-corrected chi connectivity index (χ3v) is 4.43. The van der Waals surface area contributed by atoms with Gasteiger partial charge in [0.2, 0.25) is 0 Å². The van der Waals surface area contributed by atoms with Gasteiger partial charge in [-0.3, -0.25) is 0 Å². The third-order valence-electron chi connectivity index (χ3n) is 4.43. The number of carbonyl (C=O) groups excluding carboxylic acids is 1. The maximum atomic E-state index is 11.9. The van der Waals surface area contributed by atoms with Gasteiger partial charge in [-0.05, 0) is 18.4 Å². The van der Waals surface area contributed by atoms with Crippen LogP contribution >= 0.6 is 0 Å². The van der Waals surface area contributed by atoms with E-state index in [0.29, 0.717) is 12.0 Å². The molecule has 0 atom stereocenters. The number of benzene rings is 1. The molecule has 3 heteroatoms. The normalized spacial score (nSPS) is 20.9. The summed E-state index contributed by atoms with van der Waals surface area (Å²) < 4.78 is 5.35. The van der Waals surface area contributed by atoms with Crippen molar-refractivity contribution in [1.82, 2.24) is 4.90 Å². The molecule has 1 amide bonds. The Labute approximate surface area is 114 Å². The highest BCUT2D eigenvalue weighted by Gasteiger charge is 2.45. The minimum atomic E-state index is -0.153. The molecule has 1 aliphatic heterocycles. The van der Waals surface area contributed by atoms with Crippen LogP contribution in [-0.4, -0.2) is 24.1 Å². The second-order valence-corrected chi connectivity index (χ2v) is 5.96. The van der Waals surface area contributed by atoms with Crippen LogP contribution in [0.1, 0.15) is 37.7 Å². The van der Waals surface area contributed by atoms with Gasteiger partial charge in [-0.2, -0.15) is 0 Å². The Kier molecular flexibility index (Phi) is 3.45. The molecule has 102 valence electrons. The third kappa shape index (κ3) is 2.75. The Morgan fingerprint density at radius 2 is 1.79 bits per heavy atom. The Hall–Kier alpha value is -1.51. The Morgan fingerprint density at radius 3 is 2.47 bits per heavy atom. The van der Waals surface area contributed by atoms with Gasteiger partial charge < -0.3 is 9.64 Å². The van der Waals surface area contributed by atoms with E-state index in [1.54, 1.807) is 0 Å². The summed E-state index contributed by atoms with van der Waals surface area (Å²) >= 11 is 0. The summed E-state index contributed by atoms with van der Waals surface area (Å²) in [6.07, 6.45) is 6.44. The Bertz CT molecular complexity index is 429. The van der Waals surface area contributed by atoms with Crippen LogP contribution in [0.15, 0.2) is 30.3 Å². The average molecular weight is 259 g/mol. The summed E-state index contributed by atoms with van der Waals surface area (Å²) in [6, 6.07) is 9.85. The van der Waals surface area contributed by atoms with Crippen LogP contribution in [0, 0.1) is 5.41 Å². The highest BCUT2D eigenvalue weighted by atomic mass is 16.6. The van der Waals surface area contributed by atoms with Crippen LogP contribution in [0.25, 0.3) is 0 Å². The Morgan fingerprint density at radius 1 is 1.11 bits per heavy atom. The van der Waals surface area contributed by atoms with Gasteiger partial charge in [0.15, 0.2) is 0 Å². The van der Waals surface area contributed by atoms with E-state index in [1.807, 2.05) is 35.2 Å². The number of rotatable bonds is 2. The fourth-order valence-electron chi connectivity index (χ4n) is 3.32. The van der Waals surface area contributed by atoms with E-state index in [0.717, 1.165) is 18.7 Å². The zero-order valence-corrected chi connectivity index (χ0v) is 11.3. The van der Waals surface area contributed by atoms with Crippen molar-refractivity contribution in [2.24, 2.45) is 5.41 Å². The SMILES string of the molecule is O=C(OCc1ccccc1)N1CC2(CCCCC2)C1. The highest BCUT2D eigenvalue weighted by molar-refractivity contribution is 5.69. The van der Waals surface area contributed by atoms with Gasteiger partial charge in [0.1, 0.15) is 6.61 Å². The summed E-state index contributed by atoms with van der Waals surface area (Å²) in [5.41, 5.74) is 1.48. The molecule has 1 saturated heterocycles. The minimum Gasteiger partial charge on any atom is -0.445 e. The van der Waals surface area contributed by atoms with Crippen LogP contribution in [0.3, 0.4) is 0 Å². The predicted octanol–water partition coefficient (Wildman–Crippen LogP) is 3.59. The first kappa shape index (κ1) is 12.5. The topological polar surface area (TPSA) is 29.5 Å². The summed E-state index contributed by atoms with van der Waals surface area (Å²) in [6.45, 7) is 2.18. The fourth-order valence-corrected chi connectivity index (χ4v) is 3.32. The van der Waals surface area contributed by atoms with Gasteiger partial charge in [0.05, 0.1) is 0 Å². The van der Waals surface area contributed by atoms with Crippen molar-refractivity contribution in [1.29, 1.82) is 0 Å². The van der Waals surface area contributed by atoms with E-state index in [2.05, 4.69) is 0 Å². The molecule has 3 rings (SSSR count). The molecule has 1 aliphatic carbocycles. The number of nitrogens with zero attached hydrogens (tertiary/aromatic N) is 1. The lowest BCUT2D eigenvalue weighted by molar-refractivity contribution is -0.0273. The van der Waals surface area contributed by atoms with Crippen LogP contribution in [0.4, 0.5) is 4.79 Å². The van der Waals surface area contributed by atoms with Crippen molar-refractivity contribution in [3.63, 3.8) is 0 Å². The van der Waals surface area contributed by atoms with Crippen molar-refractivity contribution < 1.29 is 9.53 Å². The number of amides is 1. The first-order chi connectivity index (χ1) is 9.27. The van der Waals surface area contributed by atoms with Gasteiger partial charge in [-0.25, -0.2) is 4.79 Å². The van der Waals surface area contributed by atoms with Gasteiger partial charge in [-0.15, -0.1) is 0 Å². The fraction of sp³-hybridized carbons (Fsp3) is 0.562. The average Bonchev–Trinajstić information content (AvgIpc) is 2.44. The minimum absolute atomic E-state index is 0.153. The summed E-state index contributed by atoms with van der Waals surface area (Å²) in [4.78, 5) is 13.8. The van der Waals surface area contributed by atoms with E-state index in [1.165, 1.54) is 32.1 Å². The van der Waals surface area contributed by atoms with Gasteiger partial charge in [0.25, 0.3) is 0 Å².